The molecule has 4 heterocycles. The van der Waals surface area contributed by atoms with Crippen molar-refractivity contribution >= 4 is 35.3 Å². The molecule has 0 bridgehead atoms. The number of ether oxygens (including phenoxy) is 1. The Labute approximate surface area is 308 Å². The van der Waals surface area contributed by atoms with Gasteiger partial charge in [0.25, 0.3) is 11.8 Å². The average molecular weight is 723 g/mol. The van der Waals surface area contributed by atoms with Gasteiger partial charge in [-0.3, -0.25) is 29.0 Å². The molecule has 14 heteroatoms. The molecule has 278 valence electrons. The number of aromatic nitrogens is 2. The van der Waals surface area contributed by atoms with E-state index < -0.39 is 11.1 Å². The number of carbonyl (C=O) groups excluding carboxylic acids is 4. The number of hydrogen-bond acceptors (Lipinski definition) is 10. The Morgan fingerprint density at radius 1 is 0.698 bits per heavy atom. The Morgan fingerprint density at radius 3 is 1.49 bits per heavy atom. The fraction of sp³-hybridized carbons (Fsp3) is 0.333. The molecule has 5 N–H and O–H groups in total. The number of aryl methyl sites for hydroxylation is 2. The van der Waals surface area contributed by atoms with E-state index in [2.05, 4.69) is 9.98 Å². The number of aliphatic imine (C=N–C) groups is 2. The molecule has 2 aliphatic rings. The Morgan fingerprint density at radius 2 is 1.13 bits per heavy atom. The summed E-state index contributed by atoms with van der Waals surface area (Å²) in [6, 6.07) is 17.1. The largest absolute Gasteiger partial charge is 0.508 e. The maximum absolute atomic E-state index is 13.3. The van der Waals surface area contributed by atoms with Gasteiger partial charge in [0.05, 0.1) is 18.5 Å². The second-order valence-corrected chi connectivity index (χ2v) is 12.7. The Hall–Kier alpha value is -6.18. The van der Waals surface area contributed by atoms with Crippen molar-refractivity contribution in [2.45, 2.75) is 64.7 Å². The first kappa shape index (κ1) is 38.1. The maximum atomic E-state index is 13.3. The molecule has 14 nitrogen and oxygen atoms in total. The predicted molar refractivity (Wildman–Crippen MR) is 201 cm³/mol. The van der Waals surface area contributed by atoms with Crippen LogP contribution >= 0.6 is 0 Å². The molecule has 2 aromatic carbocycles. The minimum Gasteiger partial charge on any atom is -0.508 e. The second kappa shape index (κ2) is 14.8. The van der Waals surface area contributed by atoms with Gasteiger partial charge in [-0.25, -0.2) is 9.98 Å². The number of amides is 2. The number of phenols is 1. The Bertz CT molecular complexity index is 2150. The van der Waals surface area contributed by atoms with Crippen LogP contribution in [0.4, 0.5) is 0 Å². The number of aromatic hydroxyl groups is 1. The summed E-state index contributed by atoms with van der Waals surface area (Å²) in [5, 5.41) is 9.92. The van der Waals surface area contributed by atoms with Crippen molar-refractivity contribution in [2.24, 2.45) is 21.5 Å². The highest BCUT2D eigenvalue weighted by Crippen LogP contribution is 2.42. The van der Waals surface area contributed by atoms with E-state index in [-0.39, 0.29) is 41.0 Å². The summed E-state index contributed by atoms with van der Waals surface area (Å²) in [5.74, 6) is 0.267. The first-order valence-electron chi connectivity index (χ1n) is 17.4. The van der Waals surface area contributed by atoms with Crippen LogP contribution in [0.2, 0.25) is 0 Å². The van der Waals surface area contributed by atoms with Gasteiger partial charge >= 0.3 is 0 Å². The van der Waals surface area contributed by atoms with E-state index in [1.54, 1.807) is 70.7 Å². The molecule has 0 saturated heterocycles. The summed E-state index contributed by atoms with van der Waals surface area (Å²) < 4.78 is 8.98. The number of methoxy groups -OCH3 is 1. The summed E-state index contributed by atoms with van der Waals surface area (Å²) in [7, 11) is 4.72. The number of carbonyl (C=O) groups is 4. The van der Waals surface area contributed by atoms with E-state index in [9.17, 15) is 24.3 Å². The molecule has 0 spiro atoms. The van der Waals surface area contributed by atoms with E-state index >= 15 is 0 Å². The normalized spacial score (nSPS) is 19.5. The zero-order valence-corrected chi connectivity index (χ0v) is 31.1. The van der Waals surface area contributed by atoms with Gasteiger partial charge in [0.1, 0.15) is 11.5 Å². The lowest BCUT2D eigenvalue weighted by atomic mass is 9.84. The topological polar surface area (TPSA) is 191 Å². The minimum atomic E-state index is -1.42. The zero-order chi connectivity index (χ0) is 38.8. The van der Waals surface area contributed by atoms with Crippen LogP contribution in [0.3, 0.4) is 0 Å². The lowest BCUT2D eigenvalue weighted by molar-refractivity contribution is -0.130. The molecule has 2 aromatic heterocycles. The van der Waals surface area contributed by atoms with Crippen LogP contribution in [0.25, 0.3) is 0 Å². The average Bonchev–Trinajstić information content (AvgIpc) is 3.92. The van der Waals surface area contributed by atoms with Crippen LogP contribution in [-0.4, -0.2) is 80.5 Å². The third-order valence-corrected chi connectivity index (χ3v) is 9.76. The highest BCUT2D eigenvalue weighted by Gasteiger charge is 2.52. The van der Waals surface area contributed by atoms with Gasteiger partial charge in [0, 0.05) is 63.5 Å². The van der Waals surface area contributed by atoms with E-state index in [1.807, 2.05) is 48.2 Å². The third-order valence-electron chi connectivity index (χ3n) is 9.76. The number of ketones is 2. The summed E-state index contributed by atoms with van der Waals surface area (Å²) in [6.07, 6.45) is 4.33. The molecule has 0 aliphatic carbocycles. The summed E-state index contributed by atoms with van der Waals surface area (Å²) >= 11 is 0. The molecular formula is C39H46N8O6. The number of phenolic OH excluding ortho intramolecular Hbond substituents is 1. The van der Waals surface area contributed by atoms with Crippen LogP contribution < -0.4 is 16.2 Å². The number of hydrogen-bond donors (Lipinski definition) is 3. The fourth-order valence-electron chi connectivity index (χ4n) is 6.72. The molecule has 4 aromatic rings. The van der Waals surface area contributed by atoms with Crippen molar-refractivity contribution in [3.63, 3.8) is 0 Å². The van der Waals surface area contributed by atoms with E-state index in [0.717, 1.165) is 0 Å². The minimum absolute atomic E-state index is 0.0136. The van der Waals surface area contributed by atoms with E-state index in [0.29, 0.717) is 65.3 Å². The van der Waals surface area contributed by atoms with Gasteiger partial charge in [-0.2, -0.15) is 0 Å². The molecule has 2 atom stereocenters. The van der Waals surface area contributed by atoms with Crippen molar-refractivity contribution in [1.82, 2.24) is 18.9 Å². The lowest BCUT2D eigenvalue weighted by Crippen LogP contribution is -2.41. The molecule has 2 unspecified atom stereocenters. The summed E-state index contributed by atoms with van der Waals surface area (Å²) in [6.45, 7) is 8.69. The standard InChI is InChI=1S/C20H24N4O3.C19H22N4O3/c1-5-17(25)16-11-14(12-24(16)6-2)20(18(26)23(3)19(21)22-20)13-8-7-9-15(10-13)27-4;1-4-16(25)15-10-13(11-23(15)5-2)19(12-7-6-8-14(24)9-12)17(26)22(3)18(20)21-19/h7-12H,5-6H2,1-4H3,(H2,21,22);6-11,24H,4-5H2,1-3H3,(H2,20,21). The number of Topliss-reactive ketones (excluding diaryl/α,β-unsaturated/α-hetero) is 2. The lowest BCUT2D eigenvalue weighted by Gasteiger charge is -2.25. The highest BCUT2D eigenvalue weighted by molar-refractivity contribution is 6.10. The van der Waals surface area contributed by atoms with Crippen LogP contribution in [0, 0.1) is 0 Å². The van der Waals surface area contributed by atoms with Gasteiger partial charge in [-0.05, 0) is 61.4 Å². The molecule has 53 heavy (non-hydrogen) atoms. The van der Waals surface area contributed by atoms with Gasteiger partial charge in [0.2, 0.25) is 0 Å². The SMILES string of the molecule is CCC(=O)c1cc(C2(c3cccc(O)c3)N=C(N)N(C)C2=O)cn1CC.CCC(=O)c1cc(C2(c3cccc(OC)c3)N=C(N)N(C)C2=O)cn1CC. The maximum Gasteiger partial charge on any atom is 0.266 e. The highest BCUT2D eigenvalue weighted by atomic mass is 16.5. The van der Waals surface area contributed by atoms with E-state index in [4.69, 9.17) is 16.2 Å². The number of nitrogens with two attached hydrogens (primary N) is 2. The smallest absolute Gasteiger partial charge is 0.266 e. The van der Waals surface area contributed by atoms with Crippen molar-refractivity contribution in [2.75, 3.05) is 21.2 Å². The number of guanidine groups is 2. The molecule has 2 aliphatic heterocycles. The van der Waals surface area contributed by atoms with Gasteiger partial charge in [-0.15, -0.1) is 0 Å². The Balaban J connectivity index is 0.000000204. The van der Waals surface area contributed by atoms with Gasteiger partial charge in [-0.1, -0.05) is 38.1 Å². The van der Waals surface area contributed by atoms with Crippen molar-refractivity contribution in [1.29, 1.82) is 0 Å². The first-order valence-corrected chi connectivity index (χ1v) is 17.4. The molecular weight excluding hydrogens is 676 g/mol. The van der Waals surface area contributed by atoms with Crippen molar-refractivity contribution in [3.05, 3.63) is 107 Å². The monoisotopic (exact) mass is 722 g/mol. The van der Waals surface area contributed by atoms with E-state index in [1.165, 1.54) is 21.9 Å². The number of likely N-dealkylation sites (N-methyl/N-ethyl adjacent to an activating group) is 2. The second-order valence-electron chi connectivity index (χ2n) is 12.7. The van der Waals surface area contributed by atoms with Gasteiger partial charge < -0.3 is 30.4 Å². The van der Waals surface area contributed by atoms with Gasteiger partial charge in [0.15, 0.2) is 34.6 Å². The molecule has 2 amide bonds. The van der Waals surface area contributed by atoms with Crippen molar-refractivity contribution < 1.29 is 29.0 Å². The third kappa shape index (κ3) is 6.34. The summed E-state index contributed by atoms with van der Waals surface area (Å²) in [5.41, 5.74) is 12.6. The van der Waals surface area contributed by atoms with Crippen LogP contribution in [-0.2, 0) is 33.8 Å². The molecule has 0 radical (unpaired) electrons. The first-order chi connectivity index (χ1) is 25.2. The summed E-state index contributed by atoms with van der Waals surface area (Å²) in [4.78, 5) is 62.8. The molecule has 0 fully saturated rings. The van der Waals surface area contributed by atoms with Crippen LogP contribution in [0.15, 0.2) is 83.0 Å². The fourth-order valence-corrected chi connectivity index (χ4v) is 6.72. The number of benzene rings is 2. The van der Waals surface area contributed by atoms with Crippen LogP contribution in [0.5, 0.6) is 11.5 Å². The quantitative estimate of drug-likeness (QED) is 0.194. The van der Waals surface area contributed by atoms with Crippen LogP contribution in [0.1, 0.15) is 83.8 Å². The zero-order valence-electron chi connectivity index (χ0n) is 31.1. The number of rotatable bonds is 11. The Kier molecular flexibility index (Phi) is 10.6. The van der Waals surface area contributed by atoms with Crippen molar-refractivity contribution in [3.8, 4) is 11.5 Å². The molecule has 0 saturated carbocycles. The predicted octanol–water partition coefficient (Wildman–Crippen LogP) is 3.98. The molecule has 6 rings (SSSR count). The number of nitrogens with zero attached hydrogens (tertiary/aromatic N) is 6.